The van der Waals surface area contributed by atoms with Gasteiger partial charge in [0.25, 0.3) is 0 Å². The molecule has 0 aliphatic heterocycles. The van der Waals surface area contributed by atoms with E-state index in [0.29, 0.717) is 36.2 Å². The second-order valence-electron chi connectivity index (χ2n) is 5.90. The average Bonchev–Trinajstić information content (AvgIpc) is 2.68. The van der Waals surface area contributed by atoms with E-state index in [1.807, 2.05) is 25.1 Å². The van der Waals surface area contributed by atoms with Gasteiger partial charge in [-0.15, -0.1) is 24.0 Å². The smallest absolute Gasteiger partial charge is 0.416 e. The fourth-order valence-electron chi connectivity index (χ4n) is 2.55. The van der Waals surface area contributed by atoms with Gasteiger partial charge in [0.1, 0.15) is 0 Å². The molecule has 0 fully saturated rings. The highest BCUT2D eigenvalue weighted by Gasteiger charge is 2.30. The quantitative estimate of drug-likeness (QED) is 0.317. The number of halogens is 4. The molecule has 2 N–H and O–H groups in total. The molecule has 0 bridgehead atoms. The molecular weight excluding hydrogens is 498 g/mol. The van der Waals surface area contributed by atoms with E-state index in [-0.39, 0.29) is 30.5 Å². The predicted molar refractivity (Wildman–Crippen MR) is 118 cm³/mol. The van der Waals surface area contributed by atoms with Crippen LogP contribution >= 0.6 is 24.0 Å². The second kappa shape index (κ2) is 11.7. The van der Waals surface area contributed by atoms with Crippen molar-refractivity contribution in [2.24, 2.45) is 4.99 Å². The first-order valence-electron chi connectivity index (χ1n) is 8.77. The van der Waals surface area contributed by atoms with Gasteiger partial charge in [0.05, 0.1) is 19.3 Å². The largest absolute Gasteiger partial charge is 0.493 e. The van der Waals surface area contributed by atoms with Gasteiger partial charge in [0.2, 0.25) is 0 Å². The average molecular weight is 523 g/mol. The van der Waals surface area contributed by atoms with Crippen LogP contribution in [0, 0.1) is 0 Å². The van der Waals surface area contributed by atoms with Gasteiger partial charge in [-0.3, -0.25) is 4.99 Å². The molecule has 0 aromatic heterocycles. The summed E-state index contributed by atoms with van der Waals surface area (Å²) in [4.78, 5) is 4.10. The third-order valence-corrected chi connectivity index (χ3v) is 3.93. The molecule has 160 valence electrons. The zero-order valence-electron chi connectivity index (χ0n) is 16.5. The van der Waals surface area contributed by atoms with E-state index in [2.05, 4.69) is 15.6 Å². The summed E-state index contributed by atoms with van der Waals surface area (Å²) < 4.78 is 49.2. The Labute approximate surface area is 185 Å². The van der Waals surface area contributed by atoms with E-state index in [4.69, 9.17) is 9.47 Å². The Kier molecular flexibility index (Phi) is 10.1. The van der Waals surface area contributed by atoms with Gasteiger partial charge in [-0.1, -0.05) is 18.2 Å². The number of rotatable bonds is 7. The van der Waals surface area contributed by atoms with Crippen LogP contribution in [0.1, 0.15) is 23.6 Å². The maximum absolute atomic E-state index is 12.8. The van der Waals surface area contributed by atoms with Gasteiger partial charge >= 0.3 is 6.18 Å². The number of guanidine groups is 1. The molecule has 5 nitrogen and oxygen atoms in total. The lowest BCUT2D eigenvalue weighted by Crippen LogP contribution is -2.36. The van der Waals surface area contributed by atoms with E-state index in [1.54, 1.807) is 20.2 Å². The van der Waals surface area contributed by atoms with Gasteiger partial charge in [-0.05, 0) is 42.3 Å². The Hall–Kier alpha value is -2.17. The van der Waals surface area contributed by atoms with E-state index in [1.165, 1.54) is 6.07 Å². The SMILES string of the molecule is CCOc1cc(CNC(=NC)NCc2cccc(C(F)(F)F)c2)ccc1OC.I. The third kappa shape index (κ3) is 7.64. The van der Waals surface area contributed by atoms with Crippen LogP contribution < -0.4 is 20.1 Å². The van der Waals surface area contributed by atoms with E-state index >= 15 is 0 Å². The third-order valence-electron chi connectivity index (χ3n) is 3.93. The summed E-state index contributed by atoms with van der Waals surface area (Å²) in [6.07, 6.45) is -4.36. The summed E-state index contributed by atoms with van der Waals surface area (Å²) >= 11 is 0. The van der Waals surface area contributed by atoms with Crippen LogP contribution in [-0.2, 0) is 19.3 Å². The van der Waals surface area contributed by atoms with Crippen molar-refractivity contribution in [2.75, 3.05) is 20.8 Å². The number of hydrogen-bond acceptors (Lipinski definition) is 3. The molecule has 0 atom stereocenters. The van der Waals surface area contributed by atoms with E-state index in [0.717, 1.165) is 17.7 Å². The topological polar surface area (TPSA) is 54.9 Å². The van der Waals surface area contributed by atoms with Crippen molar-refractivity contribution in [3.05, 3.63) is 59.2 Å². The van der Waals surface area contributed by atoms with Crippen LogP contribution in [0.15, 0.2) is 47.5 Å². The standard InChI is InChI=1S/C20H24F3N3O2.HI/c1-4-28-18-11-15(8-9-17(18)27-3)13-26-19(24-2)25-12-14-6-5-7-16(10-14)20(21,22)23;/h5-11H,4,12-13H2,1-3H3,(H2,24,25,26);1H. The maximum atomic E-state index is 12.8. The zero-order valence-corrected chi connectivity index (χ0v) is 18.8. The first-order valence-corrected chi connectivity index (χ1v) is 8.77. The summed E-state index contributed by atoms with van der Waals surface area (Å²) in [7, 11) is 3.18. The van der Waals surface area contributed by atoms with Crippen LogP contribution in [-0.4, -0.2) is 26.7 Å². The van der Waals surface area contributed by atoms with Crippen LogP contribution in [0.5, 0.6) is 11.5 Å². The molecule has 0 aliphatic carbocycles. The number of benzene rings is 2. The Morgan fingerprint density at radius 3 is 2.21 bits per heavy atom. The Bertz CT molecular complexity index is 814. The van der Waals surface area contributed by atoms with Crippen LogP contribution in [0.25, 0.3) is 0 Å². The molecular formula is C20H25F3IN3O2. The van der Waals surface area contributed by atoms with Gasteiger partial charge in [0, 0.05) is 20.1 Å². The predicted octanol–water partition coefficient (Wildman–Crippen LogP) is 4.60. The number of methoxy groups -OCH3 is 1. The summed E-state index contributed by atoms with van der Waals surface area (Å²) in [5, 5.41) is 6.14. The molecule has 2 aromatic carbocycles. The Morgan fingerprint density at radius 1 is 1.00 bits per heavy atom. The zero-order chi connectivity index (χ0) is 20.6. The van der Waals surface area contributed by atoms with Crippen LogP contribution in [0.3, 0.4) is 0 Å². The first kappa shape index (κ1) is 24.9. The lowest BCUT2D eigenvalue weighted by molar-refractivity contribution is -0.137. The fourth-order valence-corrected chi connectivity index (χ4v) is 2.55. The summed E-state index contributed by atoms with van der Waals surface area (Å²) in [5.74, 6) is 1.78. The van der Waals surface area contributed by atoms with E-state index in [9.17, 15) is 13.2 Å². The molecule has 2 rings (SSSR count). The molecule has 0 heterocycles. The Morgan fingerprint density at radius 2 is 1.66 bits per heavy atom. The van der Waals surface area contributed by atoms with Crippen LogP contribution in [0.2, 0.25) is 0 Å². The van der Waals surface area contributed by atoms with Gasteiger partial charge in [-0.2, -0.15) is 13.2 Å². The second-order valence-corrected chi connectivity index (χ2v) is 5.90. The molecule has 29 heavy (non-hydrogen) atoms. The highest BCUT2D eigenvalue weighted by Crippen LogP contribution is 2.29. The number of nitrogens with zero attached hydrogens (tertiary/aromatic N) is 1. The minimum atomic E-state index is -4.36. The number of aliphatic imine (C=N–C) groups is 1. The molecule has 0 aliphatic rings. The highest BCUT2D eigenvalue weighted by atomic mass is 127. The van der Waals surface area contributed by atoms with Crippen molar-refractivity contribution in [3.8, 4) is 11.5 Å². The van der Waals surface area contributed by atoms with Gasteiger partial charge in [0.15, 0.2) is 17.5 Å². The maximum Gasteiger partial charge on any atom is 0.416 e. The van der Waals surface area contributed by atoms with Crippen LogP contribution in [0.4, 0.5) is 13.2 Å². The van der Waals surface area contributed by atoms with Gasteiger partial charge in [-0.25, -0.2) is 0 Å². The van der Waals surface area contributed by atoms with Gasteiger partial charge < -0.3 is 20.1 Å². The molecule has 9 heteroatoms. The molecule has 0 saturated carbocycles. The lowest BCUT2D eigenvalue weighted by Gasteiger charge is -2.15. The summed E-state index contributed by atoms with van der Waals surface area (Å²) in [6.45, 7) is 3.10. The van der Waals surface area contributed by atoms with E-state index < -0.39 is 11.7 Å². The number of alkyl halides is 3. The van der Waals surface area contributed by atoms with Crippen molar-refractivity contribution >= 4 is 29.9 Å². The van der Waals surface area contributed by atoms with Crippen molar-refractivity contribution in [1.29, 1.82) is 0 Å². The number of nitrogens with one attached hydrogen (secondary N) is 2. The summed E-state index contributed by atoms with van der Waals surface area (Å²) in [6, 6.07) is 10.8. The molecule has 0 amide bonds. The highest BCUT2D eigenvalue weighted by molar-refractivity contribution is 14.0. The number of hydrogen-bond donors (Lipinski definition) is 2. The van der Waals surface area contributed by atoms with Crippen molar-refractivity contribution < 1.29 is 22.6 Å². The summed E-state index contributed by atoms with van der Waals surface area (Å²) in [5.41, 5.74) is 0.795. The molecule has 0 unspecified atom stereocenters. The van der Waals surface area contributed by atoms with Crippen molar-refractivity contribution in [1.82, 2.24) is 10.6 Å². The molecule has 0 saturated heterocycles. The minimum Gasteiger partial charge on any atom is -0.493 e. The van der Waals surface area contributed by atoms with Crippen molar-refractivity contribution in [3.63, 3.8) is 0 Å². The first-order chi connectivity index (χ1) is 13.4. The minimum absolute atomic E-state index is 0. The molecule has 0 radical (unpaired) electrons. The number of ether oxygens (including phenoxy) is 2. The van der Waals surface area contributed by atoms with Crippen molar-refractivity contribution in [2.45, 2.75) is 26.2 Å². The molecule has 0 spiro atoms. The fraction of sp³-hybridized carbons (Fsp3) is 0.350. The monoisotopic (exact) mass is 523 g/mol. The molecule has 2 aromatic rings. The normalized spacial score (nSPS) is 11.4. The Balaban J connectivity index is 0.00000420. The lowest BCUT2D eigenvalue weighted by atomic mass is 10.1.